The summed E-state index contributed by atoms with van der Waals surface area (Å²) >= 11 is 0. The number of hydrogen-bond acceptors (Lipinski definition) is 3. The highest BCUT2D eigenvalue weighted by atomic mass is 19.4. The lowest BCUT2D eigenvalue weighted by atomic mass is 10.0. The van der Waals surface area contributed by atoms with Crippen LogP contribution in [-0.4, -0.2) is 22.8 Å². The van der Waals surface area contributed by atoms with E-state index in [4.69, 9.17) is 4.74 Å². The van der Waals surface area contributed by atoms with Crippen molar-refractivity contribution in [3.8, 4) is 16.9 Å². The Balaban J connectivity index is 1.97. The van der Waals surface area contributed by atoms with Crippen molar-refractivity contribution in [2.45, 2.75) is 6.18 Å². The summed E-state index contributed by atoms with van der Waals surface area (Å²) in [5, 5.41) is 5.78. The smallest absolute Gasteiger partial charge is 0.435 e. The molecule has 3 rings (SSSR count). The second-order valence-corrected chi connectivity index (χ2v) is 5.91. The molecule has 0 unspecified atom stereocenters. The molecule has 0 saturated heterocycles. The van der Waals surface area contributed by atoms with Crippen LogP contribution >= 0.6 is 0 Å². The van der Waals surface area contributed by atoms with E-state index in [1.807, 2.05) is 0 Å². The summed E-state index contributed by atoms with van der Waals surface area (Å²) in [6, 6.07) is 10.6. The molecule has 9 heteroatoms. The van der Waals surface area contributed by atoms with Gasteiger partial charge < -0.3 is 10.1 Å². The van der Waals surface area contributed by atoms with Gasteiger partial charge in [-0.3, -0.25) is 9.48 Å². The molecule has 0 aliphatic carbocycles. The second-order valence-electron chi connectivity index (χ2n) is 5.91. The number of rotatable bonds is 4. The van der Waals surface area contributed by atoms with Crippen LogP contribution in [0.15, 0.2) is 48.7 Å². The molecular formula is C19H15F4N3O2. The fraction of sp³-hybridized carbons (Fsp3) is 0.158. The molecule has 1 amide bonds. The van der Waals surface area contributed by atoms with E-state index >= 15 is 0 Å². The maximum Gasteiger partial charge on any atom is 0.435 e. The third-order valence-corrected chi connectivity index (χ3v) is 3.98. The molecule has 1 N–H and O–H groups in total. The molecule has 1 aromatic heterocycles. The predicted octanol–water partition coefficient (Wildman–Crippen LogP) is 4.51. The quantitative estimate of drug-likeness (QED) is 0.664. The van der Waals surface area contributed by atoms with E-state index in [-0.39, 0.29) is 11.4 Å². The normalized spacial score (nSPS) is 11.4. The molecule has 0 bridgehead atoms. The summed E-state index contributed by atoms with van der Waals surface area (Å²) in [6.07, 6.45) is -3.78. The number of carbonyl (C=O) groups excluding carboxylic acids is 1. The molecule has 0 radical (unpaired) electrons. The van der Waals surface area contributed by atoms with Crippen LogP contribution in [0.3, 0.4) is 0 Å². The zero-order valence-electron chi connectivity index (χ0n) is 14.8. The summed E-state index contributed by atoms with van der Waals surface area (Å²) in [5.74, 6) is -1.52. The summed E-state index contributed by atoms with van der Waals surface area (Å²) in [7, 11) is 2.62. The minimum Gasteiger partial charge on any atom is -0.494 e. The van der Waals surface area contributed by atoms with E-state index in [1.165, 1.54) is 32.4 Å². The first-order chi connectivity index (χ1) is 13.2. The van der Waals surface area contributed by atoms with Crippen LogP contribution in [0.4, 0.5) is 23.2 Å². The van der Waals surface area contributed by atoms with E-state index in [0.717, 1.165) is 10.9 Å². The maximum absolute atomic E-state index is 14.0. The van der Waals surface area contributed by atoms with Crippen molar-refractivity contribution in [1.29, 1.82) is 0 Å². The van der Waals surface area contributed by atoms with Gasteiger partial charge in [0.05, 0.1) is 12.7 Å². The Kier molecular flexibility index (Phi) is 5.08. The Hall–Kier alpha value is -3.36. The van der Waals surface area contributed by atoms with E-state index in [2.05, 4.69) is 10.4 Å². The van der Waals surface area contributed by atoms with Crippen molar-refractivity contribution < 1.29 is 27.1 Å². The zero-order valence-corrected chi connectivity index (χ0v) is 14.8. The van der Waals surface area contributed by atoms with E-state index in [9.17, 15) is 22.4 Å². The van der Waals surface area contributed by atoms with Gasteiger partial charge in [0.2, 0.25) is 0 Å². The number of methoxy groups -OCH3 is 1. The van der Waals surface area contributed by atoms with E-state index in [0.29, 0.717) is 11.1 Å². The first-order valence-corrected chi connectivity index (χ1v) is 8.06. The molecule has 3 aromatic rings. The number of aryl methyl sites for hydroxylation is 1. The van der Waals surface area contributed by atoms with Crippen molar-refractivity contribution in [2.24, 2.45) is 7.05 Å². The highest BCUT2D eigenvalue weighted by molar-refractivity contribution is 6.07. The SMILES string of the molecule is COc1ccc(-c2ccccc2NC(=O)c2cn(C)nc2C(F)(F)F)cc1F. The minimum atomic E-state index is -4.77. The Morgan fingerprint density at radius 1 is 1.18 bits per heavy atom. The number of benzene rings is 2. The van der Waals surface area contributed by atoms with Crippen LogP contribution in [0, 0.1) is 5.82 Å². The molecule has 28 heavy (non-hydrogen) atoms. The van der Waals surface area contributed by atoms with Crippen molar-refractivity contribution in [3.63, 3.8) is 0 Å². The number of para-hydroxylation sites is 1. The summed E-state index contributed by atoms with van der Waals surface area (Å²) in [4.78, 5) is 12.5. The maximum atomic E-state index is 14.0. The number of alkyl halides is 3. The second kappa shape index (κ2) is 7.34. The zero-order chi connectivity index (χ0) is 20.5. The first-order valence-electron chi connectivity index (χ1n) is 8.06. The van der Waals surface area contributed by atoms with Gasteiger partial charge in [-0.05, 0) is 23.8 Å². The summed E-state index contributed by atoms with van der Waals surface area (Å²) in [5.41, 5.74) is -0.786. The van der Waals surface area contributed by atoms with Gasteiger partial charge in [0.1, 0.15) is 0 Å². The topological polar surface area (TPSA) is 56.1 Å². The monoisotopic (exact) mass is 393 g/mol. The number of nitrogens with one attached hydrogen (secondary N) is 1. The summed E-state index contributed by atoms with van der Waals surface area (Å²) < 4.78 is 59.2. The number of ether oxygens (including phenoxy) is 1. The van der Waals surface area contributed by atoms with Crippen molar-refractivity contribution in [2.75, 3.05) is 12.4 Å². The standard InChI is InChI=1S/C19H15F4N3O2/c1-26-10-13(17(25-26)19(21,22)23)18(27)24-15-6-4-3-5-12(15)11-7-8-16(28-2)14(20)9-11/h3-10H,1-2H3,(H,24,27). The molecule has 0 aliphatic heterocycles. The lowest BCUT2D eigenvalue weighted by Gasteiger charge is -2.12. The molecule has 146 valence electrons. The van der Waals surface area contributed by atoms with Crippen LogP contribution < -0.4 is 10.1 Å². The highest BCUT2D eigenvalue weighted by Gasteiger charge is 2.39. The highest BCUT2D eigenvalue weighted by Crippen LogP contribution is 2.33. The molecule has 0 aliphatic rings. The number of nitrogens with zero attached hydrogens (tertiary/aromatic N) is 2. The first kappa shape index (κ1) is 19.4. The van der Waals surface area contributed by atoms with Crippen molar-refractivity contribution in [3.05, 3.63) is 65.7 Å². The number of amides is 1. The molecule has 5 nitrogen and oxygen atoms in total. The number of hydrogen-bond donors (Lipinski definition) is 1. The number of aromatic nitrogens is 2. The van der Waals surface area contributed by atoms with Crippen molar-refractivity contribution >= 4 is 11.6 Å². The van der Waals surface area contributed by atoms with Crippen LogP contribution in [-0.2, 0) is 13.2 Å². The largest absolute Gasteiger partial charge is 0.494 e. The van der Waals surface area contributed by atoms with Crippen LogP contribution in [0.5, 0.6) is 5.75 Å². The van der Waals surface area contributed by atoms with Crippen LogP contribution in [0.25, 0.3) is 11.1 Å². The van der Waals surface area contributed by atoms with Crippen molar-refractivity contribution in [1.82, 2.24) is 9.78 Å². The summed E-state index contributed by atoms with van der Waals surface area (Å²) in [6.45, 7) is 0. The van der Waals surface area contributed by atoms with E-state index in [1.54, 1.807) is 24.3 Å². The van der Waals surface area contributed by atoms with Gasteiger partial charge in [-0.25, -0.2) is 4.39 Å². The third-order valence-electron chi connectivity index (χ3n) is 3.98. The molecule has 0 saturated carbocycles. The number of halogens is 4. The van der Waals surface area contributed by atoms with Crippen LogP contribution in [0.2, 0.25) is 0 Å². The number of carbonyl (C=O) groups is 1. The lowest BCUT2D eigenvalue weighted by Crippen LogP contribution is -2.18. The Labute approximate surface area is 157 Å². The molecular weight excluding hydrogens is 378 g/mol. The Morgan fingerprint density at radius 2 is 1.89 bits per heavy atom. The van der Waals surface area contributed by atoms with Crippen LogP contribution in [0.1, 0.15) is 16.1 Å². The predicted molar refractivity (Wildman–Crippen MR) is 94.6 cm³/mol. The molecule has 0 atom stereocenters. The number of anilines is 1. The average molecular weight is 393 g/mol. The van der Waals surface area contributed by atoms with Gasteiger partial charge >= 0.3 is 6.18 Å². The van der Waals surface area contributed by atoms with E-state index < -0.39 is 29.2 Å². The molecule has 1 heterocycles. The molecule has 0 spiro atoms. The van der Waals surface area contributed by atoms with Gasteiger partial charge in [-0.2, -0.15) is 18.3 Å². The molecule has 0 fully saturated rings. The third kappa shape index (κ3) is 3.83. The minimum absolute atomic E-state index is 0.0513. The fourth-order valence-corrected chi connectivity index (χ4v) is 2.73. The van der Waals surface area contributed by atoms with Gasteiger partial charge in [0.15, 0.2) is 17.3 Å². The lowest BCUT2D eigenvalue weighted by molar-refractivity contribution is -0.141. The van der Waals surface area contributed by atoms with Gasteiger partial charge in [0.25, 0.3) is 5.91 Å². The van der Waals surface area contributed by atoms with Gasteiger partial charge in [-0.15, -0.1) is 0 Å². The van der Waals surface area contributed by atoms with Gasteiger partial charge in [-0.1, -0.05) is 24.3 Å². The van der Waals surface area contributed by atoms with Gasteiger partial charge in [0, 0.05) is 24.5 Å². The molecule has 2 aromatic carbocycles. The average Bonchev–Trinajstić information content (AvgIpc) is 3.04. The Morgan fingerprint density at radius 3 is 2.54 bits per heavy atom. The fourth-order valence-electron chi connectivity index (χ4n) is 2.73. The Bertz CT molecular complexity index is 1030.